The Hall–Kier alpha value is -3.64. The predicted octanol–water partition coefficient (Wildman–Crippen LogP) is 7.79. The minimum absolute atomic E-state index is 0.0450. The fraction of sp³-hybridized carbons (Fsp3) is 0.250. The molecule has 0 amide bonds. The number of carbonyl (C=O) groups is 1. The summed E-state index contributed by atoms with van der Waals surface area (Å²) in [6.45, 7) is 7.93. The van der Waals surface area contributed by atoms with Gasteiger partial charge in [0.1, 0.15) is 17.1 Å². The van der Waals surface area contributed by atoms with E-state index in [0.29, 0.717) is 39.2 Å². The number of halogens is 1. The molecule has 3 aromatic carbocycles. The molecular formula is C32H27BrO5. The molecule has 38 heavy (non-hydrogen) atoms. The van der Waals surface area contributed by atoms with Crippen molar-refractivity contribution in [1.29, 1.82) is 0 Å². The van der Waals surface area contributed by atoms with Gasteiger partial charge < -0.3 is 13.9 Å². The second-order valence-electron chi connectivity index (χ2n) is 10.6. The number of ketones is 1. The van der Waals surface area contributed by atoms with Crippen molar-refractivity contribution in [3.05, 3.63) is 98.3 Å². The van der Waals surface area contributed by atoms with E-state index in [-0.39, 0.29) is 17.8 Å². The van der Waals surface area contributed by atoms with Crippen molar-refractivity contribution in [2.24, 2.45) is 5.92 Å². The highest BCUT2D eigenvalue weighted by molar-refractivity contribution is 9.10. The maximum absolute atomic E-state index is 14.1. The Balaban J connectivity index is 1.73. The molecule has 5 nitrogen and oxygen atoms in total. The highest BCUT2D eigenvalue weighted by atomic mass is 79.9. The van der Waals surface area contributed by atoms with Crippen LogP contribution in [0.1, 0.15) is 55.1 Å². The van der Waals surface area contributed by atoms with Crippen LogP contribution < -0.4 is 15.1 Å². The van der Waals surface area contributed by atoms with Gasteiger partial charge in [0.25, 0.3) is 0 Å². The van der Waals surface area contributed by atoms with Crippen LogP contribution in [0.4, 0.5) is 0 Å². The van der Waals surface area contributed by atoms with Crippen molar-refractivity contribution in [3.8, 4) is 22.6 Å². The van der Waals surface area contributed by atoms with Crippen molar-refractivity contribution >= 4 is 38.8 Å². The Bertz CT molecular complexity index is 1660. The lowest BCUT2D eigenvalue weighted by Crippen LogP contribution is -2.37. The maximum Gasteiger partial charge on any atom is 0.336 e. The highest BCUT2D eigenvalue weighted by Gasteiger charge is 2.44. The predicted molar refractivity (Wildman–Crippen MR) is 152 cm³/mol. The van der Waals surface area contributed by atoms with Gasteiger partial charge in [0, 0.05) is 33.1 Å². The smallest absolute Gasteiger partial charge is 0.336 e. The second kappa shape index (κ2) is 8.98. The van der Waals surface area contributed by atoms with Crippen LogP contribution >= 0.6 is 15.9 Å². The van der Waals surface area contributed by atoms with Gasteiger partial charge in [-0.3, -0.25) is 4.79 Å². The molecule has 3 atom stereocenters. The molecule has 3 heterocycles. The van der Waals surface area contributed by atoms with Crippen molar-refractivity contribution < 1.29 is 18.7 Å². The summed E-state index contributed by atoms with van der Waals surface area (Å²) in [5.74, 6) is 0.325. The number of carbonyl (C=O) groups excluding carboxylic acids is 1. The van der Waals surface area contributed by atoms with Crippen LogP contribution in [0, 0.1) is 5.92 Å². The number of benzene rings is 3. The van der Waals surface area contributed by atoms with Gasteiger partial charge in [0.05, 0.1) is 23.0 Å². The second-order valence-corrected chi connectivity index (χ2v) is 11.5. The van der Waals surface area contributed by atoms with Crippen LogP contribution in [0.15, 0.2) is 80.4 Å². The molecule has 0 N–H and O–H groups in total. The minimum atomic E-state index is -0.585. The maximum atomic E-state index is 14.1. The zero-order valence-electron chi connectivity index (χ0n) is 21.6. The molecule has 0 bridgehead atoms. The van der Waals surface area contributed by atoms with Crippen molar-refractivity contribution in [1.82, 2.24) is 0 Å². The molecule has 0 aliphatic carbocycles. The van der Waals surface area contributed by atoms with Crippen molar-refractivity contribution in [2.45, 2.75) is 45.3 Å². The number of fused-ring (bicyclic) bond motifs is 6. The van der Waals surface area contributed by atoms with Crippen LogP contribution in [0.5, 0.6) is 11.5 Å². The fourth-order valence-corrected chi connectivity index (χ4v) is 5.74. The fourth-order valence-electron chi connectivity index (χ4n) is 5.48. The number of Topliss-reactive ketones (excluding diaryl/α,β-unsaturated/α-hetero) is 1. The molecule has 3 unspecified atom stereocenters. The van der Waals surface area contributed by atoms with E-state index in [4.69, 9.17) is 13.9 Å². The third-order valence-corrected chi connectivity index (χ3v) is 8.09. The summed E-state index contributed by atoms with van der Waals surface area (Å²) < 4.78 is 19.9. The van der Waals surface area contributed by atoms with E-state index in [2.05, 4.69) is 15.9 Å². The molecular weight excluding hydrogens is 544 g/mol. The van der Waals surface area contributed by atoms with Crippen LogP contribution in [-0.2, 0) is 0 Å². The van der Waals surface area contributed by atoms with Crippen LogP contribution in [0.25, 0.3) is 28.2 Å². The lowest BCUT2D eigenvalue weighted by Gasteiger charge is -2.39. The van der Waals surface area contributed by atoms with Crippen LogP contribution in [-0.4, -0.2) is 17.5 Å². The van der Waals surface area contributed by atoms with Gasteiger partial charge in [-0.1, -0.05) is 65.3 Å². The molecule has 0 saturated carbocycles. The van der Waals surface area contributed by atoms with Gasteiger partial charge in [-0.15, -0.1) is 0 Å². The van der Waals surface area contributed by atoms with Crippen LogP contribution in [0.2, 0.25) is 0 Å². The van der Waals surface area contributed by atoms with E-state index in [0.717, 1.165) is 15.6 Å². The number of ether oxygens (including phenoxy) is 2. The van der Waals surface area contributed by atoms with E-state index < -0.39 is 17.1 Å². The molecule has 6 rings (SSSR count). The average Bonchev–Trinajstić information content (AvgIpc) is 2.89. The summed E-state index contributed by atoms with van der Waals surface area (Å²) in [5.41, 5.74) is 2.75. The quantitative estimate of drug-likeness (QED) is 0.186. The molecule has 2 aliphatic rings. The van der Waals surface area contributed by atoms with E-state index in [1.165, 1.54) is 6.07 Å². The summed E-state index contributed by atoms with van der Waals surface area (Å²) in [5, 5.41) is 0.668. The molecule has 2 aliphatic heterocycles. The Labute approximate surface area is 229 Å². The van der Waals surface area contributed by atoms with E-state index in [9.17, 15) is 9.59 Å². The van der Waals surface area contributed by atoms with Gasteiger partial charge in [-0.05, 0) is 50.6 Å². The molecule has 0 spiro atoms. The first-order valence-electron chi connectivity index (χ1n) is 12.7. The topological polar surface area (TPSA) is 65.7 Å². The van der Waals surface area contributed by atoms with Crippen molar-refractivity contribution in [3.63, 3.8) is 0 Å². The minimum Gasteiger partial charge on any atom is -0.489 e. The van der Waals surface area contributed by atoms with E-state index >= 15 is 0 Å². The Morgan fingerprint density at radius 3 is 2.39 bits per heavy atom. The Morgan fingerprint density at radius 1 is 0.974 bits per heavy atom. The molecule has 0 radical (unpaired) electrons. The highest BCUT2D eigenvalue weighted by Crippen LogP contribution is 2.54. The van der Waals surface area contributed by atoms with Gasteiger partial charge in [0.2, 0.25) is 0 Å². The normalized spacial score (nSPS) is 21.2. The summed E-state index contributed by atoms with van der Waals surface area (Å²) in [7, 11) is 0. The number of rotatable bonds is 3. The average molecular weight is 571 g/mol. The van der Waals surface area contributed by atoms with Crippen molar-refractivity contribution in [2.75, 3.05) is 0 Å². The standard InChI is InChI=1S/C32H27BrO5/c1-17-18(2)36-29-22-14-15-32(3,4)38-30(22)26-23(19-8-6-5-7-9-19)16-24(34)37-31(26)27(29)25(17)28(35)20-10-12-21(33)13-11-20/h5-18,25H,1-4H3. The van der Waals surface area contributed by atoms with Crippen LogP contribution in [0.3, 0.4) is 0 Å². The molecule has 0 fully saturated rings. The monoisotopic (exact) mass is 570 g/mol. The molecule has 4 aromatic rings. The first kappa shape index (κ1) is 24.7. The summed E-state index contributed by atoms with van der Waals surface area (Å²) in [6.07, 6.45) is 3.74. The first-order valence-corrected chi connectivity index (χ1v) is 13.5. The zero-order chi connectivity index (χ0) is 26.8. The molecule has 0 saturated heterocycles. The lowest BCUT2D eigenvalue weighted by atomic mass is 9.75. The number of hydrogen-bond acceptors (Lipinski definition) is 5. The Kier molecular flexibility index (Phi) is 5.84. The number of hydrogen-bond donors (Lipinski definition) is 0. The third-order valence-electron chi connectivity index (χ3n) is 7.56. The van der Waals surface area contributed by atoms with Gasteiger partial charge in [0.15, 0.2) is 11.4 Å². The molecule has 6 heteroatoms. The van der Waals surface area contributed by atoms with Gasteiger partial charge in [-0.25, -0.2) is 4.79 Å². The summed E-state index contributed by atoms with van der Waals surface area (Å²) >= 11 is 3.46. The summed E-state index contributed by atoms with van der Waals surface area (Å²) in [4.78, 5) is 27.2. The molecule has 1 aromatic heterocycles. The largest absolute Gasteiger partial charge is 0.489 e. The zero-order valence-corrected chi connectivity index (χ0v) is 23.2. The van der Waals surface area contributed by atoms with Gasteiger partial charge >= 0.3 is 5.63 Å². The first-order chi connectivity index (χ1) is 18.1. The summed E-state index contributed by atoms with van der Waals surface area (Å²) in [6, 6.07) is 18.5. The third kappa shape index (κ3) is 3.99. The van der Waals surface area contributed by atoms with E-state index in [1.807, 2.05) is 94.4 Å². The SMILES string of the molecule is CC1Oc2c3c(c4c(-c5ccccc5)cc(=O)oc4c2C(C(=O)c2ccc(Br)cc2)C1C)OC(C)(C)C=C3. The van der Waals surface area contributed by atoms with Gasteiger partial charge in [-0.2, -0.15) is 0 Å². The van der Waals surface area contributed by atoms with E-state index in [1.54, 1.807) is 0 Å². The molecule has 192 valence electrons. The Morgan fingerprint density at radius 2 is 1.68 bits per heavy atom. The lowest BCUT2D eigenvalue weighted by molar-refractivity contribution is 0.0771.